The maximum Gasteiger partial charge on any atom is 0.315 e. The van der Waals surface area contributed by atoms with Gasteiger partial charge in [-0.1, -0.05) is 19.3 Å². The third-order valence-electron chi connectivity index (χ3n) is 4.93. The van der Waals surface area contributed by atoms with Crippen LogP contribution >= 0.6 is 12.4 Å². The van der Waals surface area contributed by atoms with E-state index in [0.717, 1.165) is 38.8 Å². The molecule has 24 heavy (non-hydrogen) atoms. The smallest absolute Gasteiger partial charge is 0.315 e. The fourth-order valence-corrected chi connectivity index (χ4v) is 3.68. The molecule has 7 heteroatoms. The Labute approximate surface area is 151 Å². The number of carbonyl (C=O) groups excluding carboxylic acids is 2. The molecule has 0 radical (unpaired) electrons. The van der Waals surface area contributed by atoms with Crippen LogP contribution in [0.3, 0.4) is 0 Å². The van der Waals surface area contributed by atoms with E-state index < -0.39 is 0 Å². The molecule has 1 unspecified atom stereocenters. The molecule has 0 bridgehead atoms. The Kier molecular flexibility index (Phi) is 10.1. The van der Waals surface area contributed by atoms with Crippen molar-refractivity contribution in [2.75, 3.05) is 26.7 Å². The molecule has 0 aromatic rings. The molecule has 1 heterocycles. The third kappa shape index (κ3) is 6.85. The van der Waals surface area contributed by atoms with Crippen LogP contribution in [-0.2, 0) is 4.79 Å². The second-order valence-electron chi connectivity index (χ2n) is 6.78. The first-order valence-electron chi connectivity index (χ1n) is 9.19. The number of carbonyl (C=O) groups is 2. The Hall–Kier alpha value is -1.01. The summed E-state index contributed by atoms with van der Waals surface area (Å²) in [7, 11) is 1.93. The van der Waals surface area contributed by atoms with Crippen LogP contribution in [0.4, 0.5) is 4.79 Å². The number of halogens is 1. The average molecular weight is 361 g/mol. The molecular formula is C17H33ClN4O2. The third-order valence-corrected chi connectivity index (χ3v) is 4.93. The fraction of sp³-hybridized carbons (Fsp3) is 0.882. The lowest BCUT2D eigenvalue weighted by Crippen LogP contribution is -2.43. The molecule has 6 nitrogen and oxygen atoms in total. The number of likely N-dealkylation sites (N-methyl/N-ethyl adjacent to an activating group) is 1. The summed E-state index contributed by atoms with van der Waals surface area (Å²) in [5, 5.41) is 9.07. The number of hydrogen-bond donors (Lipinski definition) is 3. The second kappa shape index (κ2) is 11.5. The van der Waals surface area contributed by atoms with Crippen LogP contribution in [0.2, 0.25) is 0 Å². The van der Waals surface area contributed by atoms with Crippen LogP contribution < -0.4 is 16.0 Å². The van der Waals surface area contributed by atoms with Gasteiger partial charge in [0.25, 0.3) is 0 Å². The highest BCUT2D eigenvalue weighted by molar-refractivity contribution is 5.85. The molecular weight excluding hydrogens is 328 g/mol. The SMILES string of the molecule is CNCC1CCCN1C(=O)CCCNC(=O)NC1CCCCC1.Cl. The number of nitrogens with one attached hydrogen (secondary N) is 3. The van der Waals surface area contributed by atoms with Crippen LogP contribution in [0, 0.1) is 0 Å². The number of amides is 3. The van der Waals surface area contributed by atoms with Gasteiger partial charge in [0, 0.05) is 38.1 Å². The van der Waals surface area contributed by atoms with Gasteiger partial charge < -0.3 is 20.9 Å². The summed E-state index contributed by atoms with van der Waals surface area (Å²) >= 11 is 0. The van der Waals surface area contributed by atoms with Crippen molar-refractivity contribution >= 4 is 24.3 Å². The van der Waals surface area contributed by atoms with Crippen LogP contribution in [-0.4, -0.2) is 55.6 Å². The summed E-state index contributed by atoms with van der Waals surface area (Å²) in [5.74, 6) is 0.220. The predicted molar refractivity (Wildman–Crippen MR) is 98.6 cm³/mol. The summed E-state index contributed by atoms with van der Waals surface area (Å²) < 4.78 is 0. The van der Waals surface area contributed by atoms with Gasteiger partial charge in [0.1, 0.15) is 0 Å². The zero-order valence-corrected chi connectivity index (χ0v) is 15.6. The quantitative estimate of drug-likeness (QED) is 0.608. The van der Waals surface area contributed by atoms with Gasteiger partial charge in [0.05, 0.1) is 0 Å². The number of nitrogens with zero attached hydrogens (tertiary/aromatic N) is 1. The Morgan fingerprint density at radius 3 is 2.54 bits per heavy atom. The van der Waals surface area contributed by atoms with Gasteiger partial charge >= 0.3 is 6.03 Å². The van der Waals surface area contributed by atoms with Gasteiger partial charge in [-0.25, -0.2) is 4.79 Å². The zero-order valence-electron chi connectivity index (χ0n) is 14.8. The lowest BCUT2D eigenvalue weighted by atomic mass is 9.96. The number of rotatable bonds is 7. The number of hydrogen-bond acceptors (Lipinski definition) is 3. The molecule has 1 saturated carbocycles. The molecule has 3 N–H and O–H groups in total. The number of urea groups is 1. The summed E-state index contributed by atoms with van der Waals surface area (Å²) in [6.07, 6.45) is 9.30. The van der Waals surface area contributed by atoms with E-state index >= 15 is 0 Å². The van der Waals surface area contributed by atoms with Gasteiger partial charge in [0.15, 0.2) is 0 Å². The Morgan fingerprint density at radius 1 is 1.08 bits per heavy atom. The molecule has 2 rings (SSSR count). The molecule has 0 aromatic heterocycles. The van der Waals surface area contributed by atoms with Gasteiger partial charge in [-0.15, -0.1) is 12.4 Å². The first-order chi connectivity index (χ1) is 11.2. The molecule has 1 aliphatic heterocycles. The lowest BCUT2D eigenvalue weighted by molar-refractivity contribution is -0.132. The van der Waals surface area contributed by atoms with E-state index in [2.05, 4.69) is 16.0 Å². The van der Waals surface area contributed by atoms with Gasteiger partial charge in [-0.2, -0.15) is 0 Å². The first-order valence-corrected chi connectivity index (χ1v) is 9.19. The summed E-state index contributed by atoms with van der Waals surface area (Å²) in [4.78, 5) is 26.1. The van der Waals surface area contributed by atoms with Crippen molar-refractivity contribution in [2.24, 2.45) is 0 Å². The zero-order chi connectivity index (χ0) is 16.5. The maximum atomic E-state index is 12.3. The van der Waals surface area contributed by atoms with Crippen LogP contribution in [0.25, 0.3) is 0 Å². The van der Waals surface area contributed by atoms with E-state index in [4.69, 9.17) is 0 Å². The van der Waals surface area contributed by atoms with E-state index in [-0.39, 0.29) is 24.3 Å². The average Bonchev–Trinajstić information content (AvgIpc) is 3.01. The second-order valence-corrected chi connectivity index (χ2v) is 6.78. The van der Waals surface area contributed by atoms with E-state index in [1.807, 2.05) is 11.9 Å². The van der Waals surface area contributed by atoms with Gasteiger partial charge in [0.2, 0.25) is 5.91 Å². The highest BCUT2D eigenvalue weighted by atomic mass is 35.5. The lowest BCUT2D eigenvalue weighted by Gasteiger charge is -2.25. The monoisotopic (exact) mass is 360 g/mol. The van der Waals surface area contributed by atoms with E-state index in [1.165, 1.54) is 19.3 Å². The van der Waals surface area contributed by atoms with Crippen molar-refractivity contribution in [2.45, 2.75) is 69.9 Å². The van der Waals surface area contributed by atoms with E-state index in [0.29, 0.717) is 31.5 Å². The summed E-state index contributed by atoms with van der Waals surface area (Å²) in [6.45, 7) is 2.31. The van der Waals surface area contributed by atoms with Gasteiger partial charge in [-0.05, 0) is 39.2 Å². The molecule has 1 aliphatic carbocycles. The Balaban J connectivity index is 0.00000288. The van der Waals surface area contributed by atoms with Crippen molar-refractivity contribution in [3.8, 4) is 0 Å². The molecule has 2 fully saturated rings. The van der Waals surface area contributed by atoms with Crippen LogP contribution in [0.1, 0.15) is 57.8 Å². The van der Waals surface area contributed by atoms with E-state index in [1.54, 1.807) is 0 Å². The minimum Gasteiger partial charge on any atom is -0.338 e. The molecule has 1 atom stereocenters. The first kappa shape index (κ1) is 21.0. The Morgan fingerprint density at radius 2 is 1.83 bits per heavy atom. The van der Waals surface area contributed by atoms with Crippen molar-refractivity contribution < 1.29 is 9.59 Å². The highest BCUT2D eigenvalue weighted by Gasteiger charge is 2.27. The Bertz CT molecular complexity index is 389. The normalized spacial score (nSPS) is 21.2. The standard InChI is InChI=1S/C17H32N4O2.ClH/c1-18-13-15-9-6-12-21(15)16(22)10-5-11-19-17(23)20-14-7-3-2-4-8-14;/h14-15,18H,2-13H2,1H3,(H2,19,20,23);1H. The molecule has 3 amide bonds. The highest BCUT2D eigenvalue weighted by Crippen LogP contribution is 2.18. The van der Waals surface area contributed by atoms with Gasteiger partial charge in [-0.3, -0.25) is 4.79 Å². The van der Waals surface area contributed by atoms with Crippen LogP contribution in [0.5, 0.6) is 0 Å². The van der Waals surface area contributed by atoms with Crippen molar-refractivity contribution in [3.05, 3.63) is 0 Å². The minimum absolute atomic E-state index is 0. The molecule has 2 aliphatic rings. The maximum absolute atomic E-state index is 12.3. The largest absolute Gasteiger partial charge is 0.338 e. The van der Waals surface area contributed by atoms with E-state index in [9.17, 15) is 9.59 Å². The minimum atomic E-state index is -0.0846. The fourth-order valence-electron chi connectivity index (χ4n) is 3.68. The van der Waals surface area contributed by atoms with Crippen molar-refractivity contribution in [3.63, 3.8) is 0 Å². The number of likely N-dealkylation sites (tertiary alicyclic amines) is 1. The van der Waals surface area contributed by atoms with Crippen LogP contribution in [0.15, 0.2) is 0 Å². The van der Waals surface area contributed by atoms with Crippen molar-refractivity contribution in [1.29, 1.82) is 0 Å². The van der Waals surface area contributed by atoms with Crippen molar-refractivity contribution in [1.82, 2.24) is 20.9 Å². The summed E-state index contributed by atoms with van der Waals surface area (Å²) in [5.41, 5.74) is 0. The summed E-state index contributed by atoms with van der Waals surface area (Å²) in [6, 6.07) is 0.589. The predicted octanol–water partition coefficient (Wildman–Crippen LogP) is 2.03. The molecule has 1 saturated heterocycles. The topological polar surface area (TPSA) is 73.5 Å². The molecule has 0 aromatic carbocycles. The molecule has 140 valence electrons. The molecule has 0 spiro atoms.